The Bertz CT molecular complexity index is 1050. The number of pyridine rings is 1. The molecule has 0 N–H and O–H groups in total. The summed E-state index contributed by atoms with van der Waals surface area (Å²) in [5.41, 5.74) is 6.06. The molecule has 4 heterocycles. The normalized spacial score (nSPS) is 23.4. The van der Waals surface area contributed by atoms with Gasteiger partial charge in [0.1, 0.15) is 5.82 Å². The number of aromatic nitrogens is 1. The fourth-order valence-corrected chi connectivity index (χ4v) is 5.92. The van der Waals surface area contributed by atoms with Crippen molar-refractivity contribution in [1.82, 2.24) is 14.8 Å². The molecule has 4 aliphatic rings. The monoisotopic (exact) mass is 446 g/mol. The molecule has 1 saturated carbocycles. The molecule has 0 bridgehead atoms. The van der Waals surface area contributed by atoms with Crippen LogP contribution in [0.4, 0.5) is 5.82 Å². The highest BCUT2D eigenvalue weighted by atomic mass is 16.5. The van der Waals surface area contributed by atoms with Crippen molar-refractivity contribution in [3.8, 4) is 0 Å². The van der Waals surface area contributed by atoms with Crippen molar-refractivity contribution in [3.05, 3.63) is 58.3 Å². The van der Waals surface area contributed by atoms with Gasteiger partial charge in [-0.2, -0.15) is 0 Å². The highest BCUT2D eigenvalue weighted by molar-refractivity contribution is 5.98. The number of rotatable bonds is 5. The molecule has 2 fully saturated rings. The van der Waals surface area contributed by atoms with Gasteiger partial charge in [-0.15, -0.1) is 0 Å². The van der Waals surface area contributed by atoms with E-state index in [9.17, 15) is 4.79 Å². The summed E-state index contributed by atoms with van der Waals surface area (Å²) in [6.07, 6.45) is 9.49. The van der Waals surface area contributed by atoms with Crippen LogP contribution in [-0.2, 0) is 30.7 Å². The van der Waals surface area contributed by atoms with Crippen molar-refractivity contribution in [3.63, 3.8) is 0 Å². The molecule has 1 aliphatic carbocycles. The Kier molecular flexibility index (Phi) is 5.59. The maximum absolute atomic E-state index is 13.1. The largest absolute Gasteiger partial charge is 0.380 e. The lowest BCUT2D eigenvalue weighted by molar-refractivity contribution is 0.0766. The van der Waals surface area contributed by atoms with Crippen molar-refractivity contribution < 1.29 is 9.53 Å². The Balaban J connectivity index is 1.13. The van der Waals surface area contributed by atoms with Gasteiger partial charge in [-0.1, -0.05) is 24.6 Å². The van der Waals surface area contributed by atoms with E-state index in [-0.39, 0.29) is 12.0 Å². The number of fused-ring (bicyclic) bond motifs is 2. The second-order valence-corrected chi connectivity index (χ2v) is 10.2. The average Bonchev–Trinajstić information content (AvgIpc) is 3.33. The van der Waals surface area contributed by atoms with E-state index in [2.05, 4.69) is 39.0 Å². The first-order valence-corrected chi connectivity index (χ1v) is 12.6. The Labute approximate surface area is 196 Å². The van der Waals surface area contributed by atoms with Crippen LogP contribution in [0.2, 0.25) is 0 Å². The molecule has 6 nitrogen and oxygen atoms in total. The summed E-state index contributed by atoms with van der Waals surface area (Å²) in [6, 6.07) is 9.82. The zero-order valence-electron chi connectivity index (χ0n) is 19.6. The molecule has 6 rings (SSSR count). The van der Waals surface area contributed by atoms with Crippen LogP contribution in [0.25, 0.3) is 0 Å². The van der Waals surface area contributed by atoms with E-state index in [1.54, 1.807) is 13.3 Å². The van der Waals surface area contributed by atoms with Gasteiger partial charge in [0.2, 0.25) is 0 Å². The van der Waals surface area contributed by atoms with Gasteiger partial charge in [0.05, 0.1) is 11.7 Å². The van der Waals surface area contributed by atoms with Crippen LogP contribution in [0, 0.1) is 0 Å². The lowest BCUT2D eigenvalue weighted by Crippen LogP contribution is -2.41. The van der Waals surface area contributed by atoms with Gasteiger partial charge in [0, 0.05) is 58.6 Å². The SMILES string of the molecule is CO[C@@H]1CCN(c2cc3c(cn2)C(=O)N(Cc2ccc4c(c2)CCN(C2CCC2)CC4)C3)C1. The van der Waals surface area contributed by atoms with Crippen LogP contribution in [-0.4, -0.2) is 66.1 Å². The number of benzene rings is 1. The van der Waals surface area contributed by atoms with Crippen LogP contribution in [0.15, 0.2) is 30.5 Å². The van der Waals surface area contributed by atoms with E-state index < -0.39 is 0 Å². The number of anilines is 1. The van der Waals surface area contributed by atoms with Crippen LogP contribution in [0.3, 0.4) is 0 Å². The topological polar surface area (TPSA) is 48.9 Å². The summed E-state index contributed by atoms with van der Waals surface area (Å²) in [6.45, 7) is 5.51. The lowest BCUT2D eigenvalue weighted by atomic mass is 9.91. The van der Waals surface area contributed by atoms with Crippen molar-refractivity contribution in [2.75, 3.05) is 38.2 Å². The number of hydrogen-bond acceptors (Lipinski definition) is 5. The van der Waals surface area contributed by atoms with Crippen LogP contribution in [0.5, 0.6) is 0 Å². The van der Waals surface area contributed by atoms with Crippen LogP contribution < -0.4 is 4.90 Å². The molecule has 2 aromatic rings. The van der Waals surface area contributed by atoms with Gasteiger partial charge in [-0.3, -0.25) is 9.69 Å². The zero-order chi connectivity index (χ0) is 22.4. The molecule has 0 spiro atoms. The first kappa shape index (κ1) is 21.1. The predicted molar refractivity (Wildman–Crippen MR) is 129 cm³/mol. The molecule has 3 aliphatic heterocycles. The molecule has 1 saturated heterocycles. The second kappa shape index (κ2) is 8.73. The number of hydrogen-bond donors (Lipinski definition) is 0. The number of methoxy groups -OCH3 is 1. The number of carbonyl (C=O) groups excluding carboxylic acids is 1. The van der Waals surface area contributed by atoms with Crippen molar-refractivity contribution in [2.45, 2.75) is 63.8 Å². The lowest BCUT2D eigenvalue weighted by Gasteiger charge is -2.36. The third-order valence-corrected chi connectivity index (χ3v) is 8.23. The minimum Gasteiger partial charge on any atom is -0.380 e. The molecule has 1 aromatic heterocycles. The molecule has 6 heteroatoms. The van der Waals surface area contributed by atoms with E-state index >= 15 is 0 Å². The summed E-state index contributed by atoms with van der Waals surface area (Å²) in [5, 5.41) is 0. The van der Waals surface area contributed by atoms with E-state index in [1.807, 2.05) is 4.90 Å². The third-order valence-electron chi connectivity index (χ3n) is 8.23. The standard InChI is InChI=1S/C27H34N4O2/c1-33-24-9-12-30(18-24)26-14-22-17-31(27(32)25(22)15-28-26)16-19-5-6-20-7-10-29(23-3-2-4-23)11-8-21(20)13-19/h5-6,13-15,23-24H,2-4,7-12,16-18H2,1H3/t24-/m1/s1. The maximum Gasteiger partial charge on any atom is 0.256 e. The van der Waals surface area contributed by atoms with Gasteiger partial charge in [0.25, 0.3) is 5.91 Å². The number of amides is 1. The van der Waals surface area contributed by atoms with Crippen LogP contribution >= 0.6 is 0 Å². The Morgan fingerprint density at radius 3 is 2.64 bits per heavy atom. The summed E-state index contributed by atoms with van der Waals surface area (Å²) >= 11 is 0. The fraction of sp³-hybridized carbons (Fsp3) is 0.556. The Hall–Kier alpha value is -2.44. The predicted octanol–water partition coefficient (Wildman–Crippen LogP) is 3.42. The highest BCUT2D eigenvalue weighted by Gasteiger charge is 2.31. The Morgan fingerprint density at radius 2 is 1.88 bits per heavy atom. The van der Waals surface area contributed by atoms with Crippen molar-refractivity contribution >= 4 is 11.7 Å². The molecule has 1 aromatic carbocycles. The van der Waals surface area contributed by atoms with E-state index in [0.717, 1.165) is 55.3 Å². The van der Waals surface area contributed by atoms with E-state index in [0.29, 0.717) is 13.1 Å². The van der Waals surface area contributed by atoms with Gasteiger partial charge >= 0.3 is 0 Å². The molecule has 33 heavy (non-hydrogen) atoms. The van der Waals surface area contributed by atoms with Gasteiger partial charge in [-0.05, 0) is 60.4 Å². The van der Waals surface area contributed by atoms with Gasteiger partial charge in [0.15, 0.2) is 0 Å². The molecular formula is C27H34N4O2. The summed E-state index contributed by atoms with van der Waals surface area (Å²) in [5.74, 6) is 1.07. The molecule has 1 amide bonds. The van der Waals surface area contributed by atoms with Crippen molar-refractivity contribution in [2.24, 2.45) is 0 Å². The fourth-order valence-electron chi connectivity index (χ4n) is 5.92. The third kappa shape index (κ3) is 4.04. The molecular weight excluding hydrogens is 412 g/mol. The average molecular weight is 447 g/mol. The zero-order valence-corrected chi connectivity index (χ0v) is 19.6. The summed E-state index contributed by atoms with van der Waals surface area (Å²) in [7, 11) is 1.77. The van der Waals surface area contributed by atoms with E-state index in [4.69, 9.17) is 4.74 Å². The number of ether oxygens (including phenoxy) is 1. The smallest absolute Gasteiger partial charge is 0.256 e. The van der Waals surface area contributed by atoms with Crippen molar-refractivity contribution in [1.29, 1.82) is 0 Å². The Morgan fingerprint density at radius 1 is 1.03 bits per heavy atom. The molecule has 0 unspecified atom stereocenters. The molecule has 0 radical (unpaired) electrons. The first-order valence-electron chi connectivity index (χ1n) is 12.6. The number of carbonyl (C=O) groups is 1. The van der Waals surface area contributed by atoms with Gasteiger partial charge in [-0.25, -0.2) is 4.98 Å². The summed E-state index contributed by atoms with van der Waals surface area (Å²) < 4.78 is 5.49. The minimum absolute atomic E-state index is 0.103. The minimum atomic E-state index is 0.103. The van der Waals surface area contributed by atoms with E-state index in [1.165, 1.54) is 49.0 Å². The van der Waals surface area contributed by atoms with Gasteiger partial charge < -0.3 is 14.5 Å². The quantitative estimate of drug-likeness (QED) is 0.705. The van der Waals surface area contributed by atoms with Crippen LogP contribution in [0.1, 0.15) is 58.3 Å². The summed E-state index contributed by atoms with van der Waals surface area (Å²) in [4.78, 5) is 24.6. The first-order chi connectivity index (χ1) is 16.2. The number of nitrogens with zero attached hydrogens (tertiary/aromatic N) is 4. The highest BCUT2D eigenvalue weighted by Crippen LogP contribution is 2.30. The molecule has 174 valence electrons. The molecule has 1 atom stereocenters. The maximum atomic E-state index is 13.1. The second-order valence-electron chi connectivity index (χ2n) is 10.2.